The lowest BCUT2D eigenvalue weighted by atomic mass is 10.3. The monoisotopic (exact) mass is 299 g/mol. The summed E-state index contributed by atoms with van der Waals surface area (Å²) in [6, 6.07) is -0.107. The van der Waals surface area contributed by atoms with Gasteiger partial charge in [-0.15, -0.1) is 0 Å². The largest absolute Gasteiger partial charge is 0.385 e. The Kier molecular flexibility index (Phi) is 7.33. The Balaban J connectivity index is 2.85. The summed E-state index contributed by atoms with van der Waals surface area (Å²) in [6.07, 6.45) is 2.01. The number of nitrogens with zero attached hydrogens (tertiary/aromatic N) is 3. The fraction of sp³-hybridized carbons (Fsp3) is 0.667. The first-order valence-electron chi connectivity index (χ1n) is 6.57. The second-order valence-corrected chi connectivity index (χ2v) is 4.45. The van der Waals surface area contributed by atoms with Crippen LogP contribution < -0.4 is 10.6 Å². The zero-order valence-corrected chi connectivity index (χ0v) is 12.5. The molecule has 9 nitrogen and oxygen atoms in total. The lowest BCUT2D eigenvalue weighted by molar-refractivity contribution is -0.383. The van der Waals surface area contributed by atoms with Crippen LogP contribution in [0.3, 0.4) is 0 Å². The highest BCUT2D eigenvalue weighted by atomic mass is 16.6. The second-order valence-electron chi connectivity index (χ2n) is 4.45. The molecule has 21 heavy (non-hydrogen) atoms. The first-order chi connectivity index (χ1) is 10.1. The number of nitrogens with one attached hydrogen (secondary N) is 2. The van der Waals surface area contributed by atoms with E-state index < -0.39 is 4.92 Å². The molecule has 0 saturated heterocycles. The molecule has 0 fully saturated rings. The number of methoxy groups -OCH3 is 2. The van der Waals surface area contributed by atoms with E-state index in [1.165, 1.54) is 6.33 Å². The molecule has 1 aromatic heterocycles. The number of anilines is 2. The lowest BCUT2D eigenvalue weighted by Gasteiger charge is -2.14. The van der Waals surface area contributed by atoms with Gasteiger partial charge in [0.1, 0.15) is 6.33 Å². The van der Waals surface area contributed by atoms with Gasteiger partial charge in [0.15, 0.2) is 0 Å². The standard InChI is InChI=1S/C12H21N5O4/c1-9(7-21-3)16-12-10(17(18)19)11(14-8-15-12)13-5-4-6-20-2/h8-9H,4-7H2,1-3H3,(H2,13,14,15,16). The minimum atomic E-state index is -0.499. The third-order valence-corrected chi connectivity index (χ3v) is 2.62. The fourth-order valence-electron chi connectivity index (χ4n) is 1.74. The van der Waals surface area contributed by atoms with Gasteiger partial charge in [0.25, 0.3) is 0 Å². The summed E-state index contributed by atoms with van der Waals surface area (Å²) >= 11 is 0. The molecule has 0 aliphatic heterocycles. The van der Waals surface area contributed by atoms with E-state index in [0.717, 1.165) is 6.42 Å². The third-order valence-electron chi connectivity index (χ3n) is 2.62. The Morgan fingerprint density at radius 1 is 1.33 bits per heavy atom. The van der Waals surface area contributed by atoms with Gasteiger partial charge >= 0.3 is 5.69 Å². The Morgan fingerprint density at radius 3 is 2.67 bits per heavy atom. The number of nitro groups is 1. The molecule has 0 saturated carbocycles. The summed E-state index contributed by atoms with van der Waals surface area (Å²) in [5.74, 6) is 0.368. The van der Waals surface area contributed by atoms with Crippen molar-refractivity contribution in [2.75, 3.05) is 44.6 Å². The van der Waals surface area contributed by atoms with Crippen LogP contribution >= 0.6 is 0 Å². The smallest absolute Gasteiger partial charge is 0.353 e. The summed E-state index contributed by atoms with van der Waals surface area (Å²) in [6.45, 7) is 3.36. The molecule has 0 spiro atoms. The first-order valence-corrected chi connectivity index (χ1v) is 6.57. The van der Waals surface area contributed by atoms with E-state index in [1.54, 1.807) is 14.2 Å². The summed E-state index contributed by atoms with van der Waals surface area (Å²) in [4.78, 5) is 18.6. The lowest BCUT2D eigenvalue weighted by Crippen LogP contribution is -2.22. The average molecular weight is 299 g/mol. The molecule has 0 aliphatic carbocycles. The number of hydrogen-bond acceptors (Lipinski definition) is 8. The third kappa shape index (κ3) is 5.48. The van der Waals surface area contributed by atoms with E-state index >= 15 is 0 Å². The maximum atomic E-state index is 11.3. The van der Waals surface area contributed by atoms with Crippen LogP contribution in [0, 0.1) is 10.1 Å². The molecule has 0 radical (unpaired) electrons. The van der Waals surface area contributed by atoms with Crippen molar-refractivity contribution in [2.45, 2.75) is 19.4 Å². The van der Waals surface area contributed by atoms with Crippen LogP contribution in [-0.4, -0.2) is 54.9 Å². The highest BCUT2D eigenvalue weighted by Gasteiger charge is 2.23. The second kappa shape index (κ2) is 9.03. The van der Waals surface area contributed by atoms with Crippen LogP contribution in [0.15, 0.2) is 6.33 Å². The van der Waals surface area contributed by atoms with Crippen LogP contribution in [-0.2, 0) is 9.47 Å². The predicted molar refractivity (Wildman–Crippen MR) is 78.6 cm³/mol. The minimum absolute atomic E-state index is 0.107. The van der Waals surface area contributed by atoms with E-state index in [2.05, 4.69) is 20.6 Å². The molecule has 0 bridgehead atoms. The molecule has 9 heteroatoms. The molecule has 0 aromatic carbocycles. The van der Waals surface area contributed by atoms with Gasteiger partial charge in [0, 0.05) is 33.4 Å². The van der Waals surface area contributed by atoms with Crippen LogP contribution in [0.4, 0.5) is 17.3 Å². The van der Waals surface area contributed by atoms with Gasteiger partial charge in [-0.25, -0.2) is 9.97 Å². The zero-order chi connectivity index (χ0) is 15.7. The summed E-state index contributed by atoms with van der Waals surface area (Å²) in [5, 5.41) is 17.1. The van der Waals surface area contributed by atoms with Crippen molar-refractivity contribution >= 4 is 17.3 Å². The van der Waals surface area contributed by atoms with Gasteiger partial charge in [0.05, 0.1) is 11.5 Å². The topological polar surface area (TPSA) is 111 Å². The SMILES string of the molecule is COCCCNc1ncnc(NC(C)COC)c1[N+](=O)[O-]. The summed E-state index contributed by atoms with van der Waals surface area (Å²) in [5.41, 5.74) is -0.169. The van der Waals surface area contributed by atoms with E-state index in [1.807, 2.05) is 6.92 Å². The first kappa shape index (κ1) is 17.1. The van der Waals surface area contributed by atoms with Crippen molar-refractivity contribution in [1.29, 1.82) is 0 Å². The normalized spacial score (nSPS) is 12.0. The van der Waals surface area contributed by atoms with Gasteiger partial charge < -0.3 is 20.1 Å². The molecule has 2 N–H and O–H groups in total. The van der Waals surface area contributed by atoms with E-state index in [0.29, 0.717) is 19.8 Å². The molecule has 118 valence electrons. The maximum absolute atomic E-state index is 11.3. The quantitative estimate of drug-likeness (QED) is 0.377. The minimum Gasteiger partial charge on any atom is -0.385 e. The van der Waals surface area contributed by atoms with E-state index in [9.17, 15) is 10.1 Å². The molecular formula is C12H21N5O4. The average Bonchev–Trinajstić information content (AvgIpc) is 2.43. The van der Waals surface area contributed by atoms with Crippen molar-refractivity contribution < 1.29 is 14.4 Å². The van der Waals surface area contributed by atoms with Gasteiger partial charge in [-0.05, 0) is 13.3 Å². The van der Waals surface area contributed by atoms with Gasteiger partial charge in [-0.1, -0.05) is 0 Å². The fourth-order valence-corrected chi connectivity index (χ4v) is 1.74. The molecule has 0 amide bonds. The number of rotatable bonds is 10. The number of aromatic nitrogens is 2. The highest BCUT2D eigenvalue weighted by molar-refractivity contribution is 5.69. The van der Waals surface area contributed by atoms with Crippen molar-refractivity contribution in [3.05, 3.63) is 16.4 Å². The Morgan fingerprint density at radius 2 is 2.05 bits per heavy atom. The predicted octanol–water partition coefficient (Wildman–Crippen LogP) is 1.28. The van der Waals surface area contributed by atoms with Gasteiger partial charge in [-0.3, -0.25) is 10.1 Å². The molecule has 1 heterocycles. The van der Waals surface area contributed by atoms with Crippen LogP contribution in [0.5, 0.6) is 0 Å². The molecule has 1 rings (SSSR count). The zero-order valence-electron chi connectivity index (χ0n) is 12.5. The van der Waals surface area contributed by atoms with Crippen molar-refractivity contribution in [1.82, 2.24) is 9.97 Å². The molecule has 0 aliphatic rings. The summed E-state index contributed by atoms with van der Waals surface area (Å²) in [7, 11) is 3.17. The highest BCUT2D eigenvalue weighted by Crippen LogP contribution is 2.29. The molecular weight excluding hydrogens is 278 g/mol. The van der Waals surface area contributed by atoms with Crippen LogP contribution in [0.2, 0.25) is 0 Å². The molecule has 1 aromatic rings. The number of ether oxygens (including phenoxy) is 2. The Hall–Kier alpha value is -2.00. The van der Waals surface area contributed by atoms with Crippen molar-refractivity contribution in [2.24, 2.45) is 0 Å². The van der Waals surface area contributed by atoms with Crippen LogP contribution in [0.1, 0.15) is 13.3 Å². The Labute approximate surface area is 123 Å². The van der Waals surface area contributed by atoms with Crippen molar-refractivity contribution in [3.8, 4) is 0 Å². The summed E-state index contributed by atoms with van der Waals surface area (Å²) < 4.78 is 9.92. The van der Waals surface area contributed by atoms with E-state index in [-0.39, 0.29) is 23.4 Å². The van der Waals surface area contributed by atoms with Crippen LogP contribution in [0.25, 0.3) is 0 Å². The maximum Gasteiger partial charge on any atom is 0.353 e. The molecule has 1 unspecified atom stereocenters. The number of hydrogen-bond donors (Lipinski definition) is 2. The van der Waals surface area contributed by atoms with E-state index in [4.69, 9.17) is 9.47 Å². The van der Waals surface area contributed by atoms with Gasteiger partial charge in [0.2, 0.25) is 11.6 Å². The Bertz CT molecular complexity index is 457. The molecule has 1 atom stereocenters. The van der Waals surface area contributed by atoms with Gasteiger partial charge in [-0.2, -0.15) is 0 Å². The van der Waals surface area contributed by atoms with Crippen molar-refractivity contribution in [3.63, 3.8) is 0 Å².